The molecule has 2 aliphatic heterocycles. The van der Waals surface area contributed by atoms with Crippen LogP contribution < -0.4 is 0 Å². The van der Waals surface area contributed by atoms with Crippen molar-refractivity contribution in [3.05, 3.63) is 29.6 Å². The maximum Gasteiger partial charge on any atom is 0.0734 e. The Hall–Kier alpha value is -0.970. The lowest BCUT2D eigenvalue weighted by atomic mass is 9.84. The zero-order valence-corrected chi connectivity index (χ0v) is 13.5. The highest BCUT2D eigenvalue weighted by Gasteiger charge is 2.40. The maximum absolute atomic E-state index is 6.04. The van der Waals surface area contributed by atoms with Gasteiger partial charge < -0.3 is 9.64 Å². The molecule has 0 bridgehead atoms. The molecule has 0 saturated carbocycles. The number of likely N-dealkylation sites (tertiary alicyclic amines) is 1. The van der Waals surface area contributed by atoms with E-state index in [0.29, 0.717) is 12.0 Å². The van der Waals surface area contributed by atoms with Crippen LogP contribution in [0, 0.1) is 18.8 Å². The van der Waals surface area contributed by atoms with Gasteiger partial charge in [0.05, 0.1) is 18.4 Å². The average Bonchev–Trinajstić information content (AvgIpc) is 2.81. The fraction of sp³-hybridized carbons (Fsp3) is 0.706. The molecule has 0 aliphatic carbocycles. The minimum atomic E-state index is 0.434. The highest BCUT2D eigenvalue weighted by molar-refractivity contribution is 5.10. The molecule has 0 amide bonds. The van der Waals surface area contributed by atoms with E-state index < -0.39 is 0 Å². The fourth-order valence-electron chi connectivity index (χ4n) is 3.77. The van der Waals surface area contributed by atoms with Gasteiger partial charge in [-0.15, -0.1) is 0 Å². The second kappa shape index (κ2) is 6.42. The Balaban J connectivity index is 1.56. The molecule has 2 aliphatic rings. The van der Waals surface area contributed by atoms with Gasteiger partial charge in [-0.05, 0) is 52.0 Å². The standard InChI is InChI=1S/C17H27N3O/c1-13-5-4-6-15(18-13)10-20-8-7-16-14(9-20)12-21-17(16)11-19(2)3/h4-6,14,16-17H,7-12H2,1-3H3/t14-,16-,17+/m0/s1. The summed E-state index contributed by atoms with van der Waals surface area (Å²) in [5.74, 6) is 1.45. The molecule has 0 radical (unpaired) electrons. The summed E-state index contributed by atoms with van der Waals surface area (Å²) in [5, 5.41) is 0. The number of hydrogen-bond acceptors (Lipinski definition) is 4. The average molecular weight is 289 g/mol. The van der Waals surface area contributed by atoms with E-state index in [1.165, 1.54) is 18.7 Å². The predicted molar refractivity (Wildman–Crippen MR) is 84.1 cm³/mol. The first-order valence-electron chi connectivity index (χ1n) is 8.03. The number of piperidine rings is 1. The quantitative estimate of drug-likeness (QED) is 0.845. The summed E-state index contributed by atoms with van der Waals surface area (Å²) in [6.07, 6.45) is 1.69. The molecule has 2 fully saturated rings. The van der Waals surface area contributed by atoms with Gasteiger partial charge in [0.2, 0.25) is 0 Å². The van der Waals surface area contributed by atoms with Crippen molar-refractivity contribution in [2.45, 2.75) is 26.0 Å². The normalized spacial score (nSPS) is 29.8. The van der Waals surface area contributed by atoms with Crippen LogP contribution in [0.15, 0.2) is 18.2 Å². The van der Waals surface area contributed by atoms with Crippen LogP contribution in [0.4, 0.5) is 0 Å². The first-order valence-corrected chi connectivity index (χ1v) is 8.03. The number of nitrogens with zero attached hydrogens (tertiary/aromatic N) is 3. The molecule has 116 valence electrons. The maximum atomic E-state index is 6.04. The number of likely N-dealkylation sites (N-methyl/N-ethyl adjacent to an activating group) is 1. The van der Waals surface area contributed by atoms with Crippen LogP contribution in [-0.4, -0.2) is 61.2 Å². The van der Waals surface area contributed by atoms with Gasteiger partial charge in [0.1, 0.15) is 0 Å². The molecular formula is C17H27N3O. The minimum Gasteiger partial charge on any atom is -0.376 e. The van der Waals surface area contributed by atoms with E-state index in [1.54, 1.807) is 0 Å². The van der Waals surface area contributed by atoms with Crippen molar-refractivity contribution in [3.8, 4) is 0 Å². The Morgan fingerprint density at radius 2 is 2.24 bits per heavy atom. The smallest absolute Gasteiger partial charge is 0.0734 e. The Kier molecular flexibility index (Phi) is 4.57. The van der Waals surface area contributed by atoms with Crippen molar-refractivity contribution in [3.63, 3.8) is 0 Å². The third-order valence-electron chi connectivity index (χ3n) is 4.76. The van der Waals surface area contributed by atoms with Crippen molar-refractivity contribution in [1.82, 2.24) is 14.8 Å². The van der Waals surface area contributed by atoms with E-state index in [-0.39, 0.29) is 0 Å². The zero-order chi connectivity index (χ0) is 14.8. The summed E-state index contributed by atoms with van der Waals surface area (Å²) in [4.78, 5) is 9.42. The lowest BCUT2D eigenvalue weighted by molar-refractivity contribution is 0.0625. The van der Waals surface area contributed by atoms with Crippen molar-refractivity contribution in [1.29, 1.82) is 0 Å². The van der Waals surface area contributed by atoms with Crippen molar-refractivity contribution in [2.24, 2.45) is 11.8 Å². The molecule has 2 saturated heterocycles. The molecule has 0 unspecified atom stereocenters. The topological polar surface area (TPSA) is 28.6 Å². The van der Waals surface area contributed by atoms with E-state index in [1.807, 2.05) is 0 Å². The number of pyridine rings is 1. The van der Waals surface area contributed by atoms with Crippen LogP contribution in [0.3, 0.4) is 0 Å². The SMILES string of the molecule is Cc1cccc(CN2CC[C@H]3[C@H](CO[C@@H]3CN(C)C)C2)n1. The van der Waals surface area contributed by atoms with Crippen LogP contribution in [0.1, 0.15) is 17.8 Å². The van der Waals surface area contributed by atoms with Gasteiger partial charge in [0.25, 0.3) is 0 Å². The highest BCUT2D eigenvalue weighted by Crippen LogP contribution is 2.34. The van der Waals surface area contributed by atoms with Crippen LogP contribution in [-0.2, 0) is 11.3 Å². The summed E-state index contributed by atoms with van der Waals surface area (Å²) in [6.45, 7) is 7.35. The van der Waals surface area contributed by atoms with Crippen LogP contribution in [0.2, 0.25) is 0 Å². The third-order valence-corrected chi connectivity index (χ3v) is 4.76. The van der Waals surface area contributed by atoms with Gasteiger partial charge in [-0.1, -0.05) is 6.07 Å². The van der Waals surface area contributed by atoms with E-state index in [9.17, 15) is 0 Å². The summed E-state index contributed by atoms with van der Waals surface area (Å²) in [5.41, 5.74) is 2.30. The van der Waals surface area contributed by atoms with E-state index in [4.69, 9.17) is 4.74 Å². The second-order valence-electron chi connectivity index (χ2n) is 6.85. The number of aromatic nitrogens is 1. The lowest BCUT2D eigenvalue weighted by Gasteiger charge is -2.35. The predicted octanol–water partition coefficient (Wildman–Crippen LogP) is 1.79. The number of aryl methyl sites for hydroxylation is 1. The lowest BCUT2D eigenvalue weighted by Crippen LogP contribution is -2.42. The van der Waals surface area contributed by atoms with E-state index in [0.717, 1.165) is 37.9 Å². The van der Waals surface area contributed by atoms with E-state index in [2.05, 4.69) is 54.0 Å². The summed E-state index contributed by atoms with van der Waals surface area (Å²) >= 11 is 0. The van der Waals surface area contributed by atoms with Gasteiger partial charge in [0, 0.05) is 31.2 Å². The molecule has 1 aromatic heterocycles. The molecule has 4 heteroatoms. The number of rotatable bonds is 4. The largest absolute Gasteiger partial charge is 0.376 e. The molecule has 21 heavy (non-hydrogen) atoms. The van der Waals surface area contributed by atoms with Gasteiger partial charge in [-0.3, -0.25) is 9.88 Å². The Morgan fingerprint density at radius 1 is 1.38 bits per heavy atom. The summed E-state index contributed by atoms with van der Waals surface area (Å²) in [6, 6.07) is 6.31. The molecule has 3 atom stereocenters. The number of hydrogen-bond donors (Lipinski definition) is 0. The van der Waals surface area contributed by atoms with Crippen molar-refractivity contribution in [2.75, 3.05) is 40.3 Å². The van der Waals surface area contributed by atoms with Gasteiger partial charge >= 0.3 is 0 Å². The zero-order valence-electron chi connectivity index (χ0n) is 13.5. The number of fused-ring (bicyclic) bond motifs is 1. The van der Waals surface area contributed by atoms with Crippen LogP contribution >= 0.6 is 0 Å². The second-order valence-corrected chi connectivity index (χ2v) is 6.85. The van der Waals surface area contributed by atoms with Gasteiger partial charge in [0.15, 0.2) is 0 Å². The summed E-state index contributed by atoms with van der Waals surface area (Å²) in [7, 11) is 4.27. The molecule has 4 nitrogen and oxygen atoms in total. The monoisotopic (exact) mass is 289 g/mol. The minimum absolute atomic E-state index is 0.434. The van der Waals surface area contributed by atoms with E-state index >= 15 is 0 Å². The third kappa shape index (κ3) is 3.62. The number of ether oxygens (including phenoxy) is 1. The molecule has 3 rings (SSSR count). The Morgan fingerprint density at radius 3 is 3.00 bits per heavy atom. The molecular weight excluding hydrogens is 262 g/mol. The van der Waals surface area contributed by atoms with Gasteiger partial charge in [-0.25, -0.2) is 0 Å². The van der Waals surface area contributed by atoms with Crippen LogP contribution in [0.25, 0.3) is 0 Å². The Bertz CT molecular complexity index is 477. The molecule has 3 heterocycles. The molecule has 0 aromatic carbocycles. The van der Waals surface area contributed by atoms with Crippen molar-refractivity contribution < 1.29 is 4.74 Å². The molecule has 0 spiro atoms. The molecule has 0 N–H and O–H groups in total. The molecule has 1 aromatic rings. The first-order chi connectivity index (χ1) is 10.1. The fourth-order valence-corrected chi connectivity index (χ4v) is 3.77. The van der Waals surface area contributed by atoms with Gasteiger partial charge in [-0.2, -0.15) is 0 Å². The first kappa shape index (κ1) is 14.9. The Labute approximate surface area is 128 Å². The van der Waals surface area contributed by atoms with Crippen LogP contribution in [0.5, 0.6) is 0 Å². The summed E-state index contributed by atoms with van der Waals surface area (Å²) < 4.78 is 6.04. The highest BCUT2D eigenvalue weighted by atomic mass is 16.5. The van der Waals surface area contributed by atoms with Crippen molar-refractivity contribution >= 4 is 0 Å².